The lowest BCUT2D eigenvalue weighted by atomic mass is 9.92. The van der Waals surface area contributed by atoms with Crippen LogP contribution in [0.25, 0.3) is 9.81 Å². The van der Waals surface area contributed by atoms with Crippen LogP contribution in [0.15, 0.2) is 181 Å². The van der Waals surface area contributed by atoms with Crippen LogP contribution >= 0.6 is 0 Å². The van der Waals surface area contributed by atoms with Crippen molar-refractivity contribution in [3.63, 3.8) is 0 Å². The van der Waals surface area contributed by atoms with E-state index in [1.165, 1.54) is 24.3 Å². The van der Waals surface area contributed by atoms with Crippen LogP contribution in [0.1, 0.15) is 51.0 Å². The molecule has 338 valence electrons. The second-order valence-electron chi connectivity index (χ2n) is 15.8. The van der Waals surface area contributed by atoms with Gasteiger partial charge in [0, 0.05) is 38.7 Å². The number of benzene rings is 6. The minimum absolute atomic E-state index is 0.0141. The monoisotopic (exact) mass is 930 g/mol. The van der Waals surface area contributed by atoms with Gasteiger partial charge in [-0.2, -0.15) is 13.2 Å². The van der Waals surface area contributed by atoms with Crippen LogP contribution in [0.4, 0.5) is 26.3 Å². The van der Waals surface area contributed by atoms with E-state index in [-0.39, 0.29) is 33.0 Å². The second-order valence-corrected chi connectivity index (χ2v) is 19.7. The van der Waals surface area contributed by atoms with Gasteiger partial charge in [0.15, 0.2) is 19.7 Å². The first-order valence-electron chi connectivity index (χ1n) is 20.3. The van der Waals surface area contributed by atoms with Crippen LogP contribution < -0.4 is 4.74 Å². The minimum atomic E-state index is -4.86. The number of halogens is 6. The summed E-state index contributed by atoms with van der Waals surface area (Å²) < 4.78 is 132. The molecule has 0 aromatic heterocycles. The highest BCUT2D eigenvalue weighted by Crippen LogP contribution is 2.41. The SMILES string of the molecule is CS(=O)(=O)C(=C1CN(C(c2ccccc2)c2ccccc2)C1)c1cccc(C(F)(F)F)c1.CS(=O)(=O)C(=C1CN(C(c2ccccc2)c2ccccc2)C1)c1cccc(OC(F)(F)F)c1. The van der Waals surface area contributed by atoms with Gasteiger partial charge < -0.3 is 4.74 Å². The highest BCUT2D eigenvalue weighted by Gasteiger charge is 2.38. The second kappa shape index (κ2) is 19.2. The van der Waals surface area contributed by atoms with Crippen LogP contribution in [0.5, 0.6) is 5.75 Å². The molecule has 0 amide bonds. The Morgan fingerprint density at radius 2 is 0.815 bits per heavy atom. The first-order chi connectivity index (χ1) is 30.8. The summed E-state index contributed by atoms with van der Waals surface area (Å²) >= 11 is 0. The minimum Gasteiger partial charge on any atom is -0.406 e. The molecule has 0 unspecified atom stereocenters. The maximum Gasteiger partial charge on any atom is 0.573 e. The van der Waals surface area contributed by atoms with Gasteiger partial charge in [0.25, 0.3) is 0 Å². The maximum atomic E-state index is 13.2. The number of sulfone groups is 2. The summed E-state index contributed by atoms with van der Waals surface area (Å²) in [6.07, 6.45) is -7.28. The number of nitrogens with zero attached hydrogens (tertiary/aromatic N) is 2. The Morgan fingerprint density at radius 1 is 0.477 bits per heavy atom. The molecule has 2 saturated heterocycles. The molecule has 2 fully saturated rings. The number of alkyl halides is 6. The van der Waals surface area contributed by atoms with Crippen molar-refractivity contribution in [1.82, 2.24) is 9.80 Å². The average molecular weight is 931 g/mol. The summed E-state index contributed by atoms with van der Waals surface area (Å²) in [7, 11) is -7.43. The molecular formula is C50H44F6N2O5S2. The van der Waals surface area contributed by atoms with Crippen LogP contribution in [-0.2, 0) is 25.9 Å². The Bertz CT molecular complexity index is 2800. The third kappa shape index (κ3) is 11.6. The molecule has 0 spiro atoms. The van der Waals surface area contributed by atoms with Gasteiger partial charge in [0.2, 0.25) is 0 Å². The van der Waals surface area contributed by atoms with Gasteiger partial charge in [-0.15, -0.1) is 13.2 Å². The number of hydrogen-bond acceptors (Lipinski definition) is 7. The zero-order chi connectivity index (χ0) is 46.6. The Morgan fingerprint density at radius 3 is 1.14 bits per heavy atom. The standard InChI is InChI=1S/C25H22F3NO3S.C25H22F3NO2S/c1-33(30,31)24(20-13-8-14-22(15-20)32-25(26,27)28)21-16-29(17-21)23(18-9-4-2-5-10-18)19-11-6-3-7-12-19;1-32(30,31)24(20-13-8-14-22(15-20)25(26,27)28)21-16-29(17-21)23(18-9-4-2-5-10-18)19-11-6-3-7-12-19/h2-15,23H,16-17H2,1H3;2-15,23H,16-17H2,1H3. The summed E-state index contributed by atoms with van der Waals surface area (Å²) in [5.74, 6) is -0.454. The van der Waals surface area contributed by atoms with Crippen LogP contribution in [0.2, 0.25) is 0 Å². The molecule has 0 atom stereocenters. The third-order valence-corrected chi connectivity index (χ3v) is 13.5. The number of likely N-dealkylation sites (tertiary alicyclic amines) is 2. The van der Waals surface area contributed by atoms with Crippen LogP contribution in [0.3, 0.4) is 0 Å². The van der Waals surface area contributed by atoms with E-state index < -0.39 is 43.5 Å². The molecule has 0 N–H and O–H groups in total. The molecule has 0 radical (unpaired) electrons. The van der Waals surface area contributed by atoms with Crippen molar-refractivity contribution in [2.75, 3.05) is 38.7 Å². The van der Waals surface area contributed by atoms with Crippen molar-refractivity contribution < 1.29 is 47.9 Å². The molecule has 0 aliphatic carbocycles. The Kier molecular flexibility index (Phi) is 13.9. The van der Waals surface area contributed by atoms with Gasteiger partial charge in [-0.1, -0.05) is 146 Å². The van der Waals surface area contributed by atoms with Crippen molar-refractivity contribution in [2.24, 2.45) is 0 Å². The van der Waals surface area contributed by atoms with E-state index in [0.717, 1.165) is 59.0 Å². The molecule has 0 saturated carbocycles. The molecule has 0 bridgehead atoms. The predicted molar refractivity (Wildman–Crippen MR) is 241 cm³/mol. The zero-order valence-corrected chi connectivity index (χ0v) is 36.8. The Hall–Kier alpha value is -6.00. The Labute approximate surface area is 374 Å². The summed E-state index contributed by atoms with van der Waals surface area (Å²) in [5.41, 5.74) is 4.95. The molecule has 8 rings (SSSR count). The van der Waals surface area contributed by atoms with Crippen molar-refractivity contribution in [3.05, 3.63) is 220 Å². The van der Waals surface area contributed by atoms with Crippen LogP contribution in [-0.4, -0.2) is 71.7 Å². The van der Waals surface area contributed by atoms with Gasteiger partial charge in [-0.25, -0.2) is 16.8 Å². The van der Waals surface area contributed by atoms with Crippen molar-refractivity contribution in [2.45, 2.75) is 24.6 Å². The fraction of sp³-hybridized carbons (Fsp3) is 0.200. The molecule has 2 aliphatic rings. The topological polar surface area (TPSA) is 84.0 Å². The largest absolute Gasteiger partial charge is 0.573 e. The Balaban J connectivity index is 0.000000194. The van der Waals surface area contributed by atoms with E-state index >= 15 is 0 Å². The smallest absolute Gasteiger partial charge is 0.406 e. The quantitative estimate of drug-likeness (QED) is 0.120. The van der Waals surface area contributed by atoms with Crippen molar-refractivity contribution in [3.8, 4) is 5.75 Å². The number of rotatable bonds is 11. The third-order valence-electron chi connectivity index (χ3n) is 10.9. The molecule has 6 aromatic carbocycles. The summed E-state index contributed by atoms with van der Waals surface area (Å²) in [5, 5.41) is 0. The van der Waals surface area contributed by atoms with E-state index in [0.29, 0.717) is 37.3 Å². The highest BCUT2D eigenvalue weighted by atomic mass is 32.2. The first-order valence-corrected chi connectivity index (χ1v) is 24.1. The molecular weight excluding hydrogens is 887 g/mol. The van der Waals surface area contributed by atoms with Crippen LogP contribution in [0, 0.1) is 0 Å². The number of ether oxygens (including phenoxy) is 1. The molecule has 7 nitrogen and oxygen atoms in total. The van der Waals surface area contributed by atoms with E-state index in [1.54, 1.807) is 0 Å². The fourth-order valence-electron chi connectivity index (χ4n) is 8.34. The number of hydrogen-bond donors (Lipinski definition) is 0. The lowest BCUT2D eigenvalue weighted by Crippen LogP contribution is -2.44. The van der Waals surface area contributed by atoms with E-state index in [2.05, 4.69) is 14.5 Å². The highest BCUT2D eigenvalue weighted by molar-refractivity contribution is 8.00. The van der Waals surface area contributed by atoms with Gasteiger partial charge in [-0.3, -0.25) is 9.80 Å². The molecule has 2 heterocycles. The van der Waals surface area contributed by atoms with Gasteiger partial charge in [0.1, 0.15) is 5.75 Å². The summed E-state index contributed by atoms with van der Waals surface area (Å²) in [6.45, 7) is 1.46. The van der Waals surface area contributed by atoms with Gasteiger partial charge >= 0.3 is 12.5 Å². The van der Waals surface area contributed by atoms with E-state index in [4.69, 9.17) is 0 Å². The normalized spacial score (nSPS) is 14.9. The zero-order valence-electron chi connectivity index (χ0n) is 35.2. The van der Waals surface area contributed by atoms with Crippen molar-refractivity contribution in [1.29, 1.82) is 0 Å². The summed E-state index contributed by atoms with van der Waals surface area (Å²) in [6, 6.07) is 49.0. The van der Waals surface area contributed by atoms with Gasteiger partial charge in [-0.05, 0) is 68.8 Å². The lowest BCUT2D eigenvalue weighted by molar-refractivity contribution is -0.274. The lowest BCUT2D eigenvalue weighted by Gasteiger charge is -2.42. The van der Waals surface area contributed by atoms with E-state index in [9.17, 15) is 43.2 Å². The molecule has 2 aliphatic heterocycles. The fourth-order valence-corrected chi connectivity index (χ4v) is 10.8. The molecule has 65 heavy (non-hydrogen) atoms. The van der Waals surface area contributed by atoms with Gasteiger partial charge in [0.05, 0.1) is 27.5 Å². The predicted octanol–water partition coefficient (Wildman–Crippen LogP) is 11.0. The maximum absolute atomic E-state index is 13.2. The first kappa shape index (κ1) is 47.0. The van der Waals surface area contributed by atoms with Crippen molar-refractivity contribution >= 4 is 29.5 Å². The average Bonchev–Trinajstić information content (AvgIpc) is 3.22. The summed E-state index contributed by atoms with van der Waals surface area (Å²) in [4.78, 5) is 4.30. The molecule has 6 aromatic rings. The molecule has 15 heteroatoms. The van der Waals surface area contributed by atoms with E-state index in [1.807, 2.05) is 121 Å².